The highest BCUT2D eigenvalue weighted by Gasteiger charge is 1.94. The maximum absolute atomic E-state index is 9.10. The van der Waals surface area contributed by atoms with Crippen molar-refractivity contribution in [3.8, 4) is 23.0 Å². The van der Waals surface area contributed by atoms with Crippen molar-refractivity contribution in [2.45, 2.75) is 0 Å². The zero-order valence-electron chi connectivity index (χ0n) is 11.9. The molecule has 17 heavy (non-hydrogen) atoms. The lowest BCUT2D eigenvalue weighted by Gasteiger charge is -1.99. The Kier molecular flexibility index (Phi) is 3.23. The highest BCUT2D eigenvalue weighted by Crippen LogP contribution is 2.23. The zero-order chi connectivity index (χ0) is 15.2. The third-order valence-electron chi connectivity index (χ3n) is 1.86. The summed E-state index contributed by atoms with van der Waals surface area (Å²) < 4.78 is 24.8. The second-order valence-electron chi connectivity index (χ2n) is 3.06. The van der Waals surface area contributed by atoms with E-state index in [4.69, 9.17) is 19.4 Å². The second-order valence-corrected chi connectivity index (χ2v) is 3.06. The number of aromatic hydroxyl groups is 3. The summed E-state index contributed by atoms with van der Waals surface area (Å²) in [7, 11) is -2.52. The Balaban J connectivity index is 0.000000217. The topological polar surface area (TPSA) is 69.9 Å². The van der Waals surface area contributed by atoms with Crippen LogP contribution < -0.4 is 4.74 Å². The van der Waals surface area contributed by atoms with Crippen molar-refractivity contribution in [2.75, 3.05) is 7.04 Å². The fourth-order valence-corrected chi connectivity index (χ4v) is 1.01. The van der Waals surface area contributed by atoms with Crippen LogP contribution in [0, 0.1) is 0 Å². The Morgan fingerprint density at radius 1 is 0.824 bits per heavy atom. The monoisotopic (exact) mass is 237 g/mol. The van der Waals surface area contributed by atoms with Crippen LogP contribution in [-0.2, 0) is 0 Å². The molecule has 0 fully saturated rings. The molecule has 0 amide bonds. The summed E-state index contributed by atoms with van der Waals surface area (Å²) in [5, 5.41) is 26.4. The summed E-state index contributed by atoms with van der Waals surface area (Å²) in [5.74, 6) is -0.355. The molecule has 0 unspecified atom stereocenters. The van der Waals surface area contributed by atoms with Gasteiger partial charge in [0.2, 0.25) is 0 Å². The Bertz CT molecular complexity index is 534. The number of ether oxygens (including phenoxy) is 1. The van der Waals surface area contributed by atoms with Crippen molar-refractivity contribution in [3.05, 3.63) is 48.5 Å². The summed E-state index contributed by atoms with van der Waals surface area (Å²) in [6.45, 7) is 0. The van der Waals surface area contributed by atoms with Crippen molar-refractivity contribution in [1.82, 2.24) is 0 Å². The largest absolute Gasteiger partial charge is 0.504 e. The molecule has 90 valence electrons. The van der Waals surface area contributed by atoms with E-state index in [1.54, 1.807) is 24.3 Å². The highest BCUT2D eigenvalue weighted by molar-refractivity contribution is 5.37. The normalized spacial score (nSPS) is 12.4. The zero-order valence-corrected chi connectivity index (χ0v) is 8.87. The number of rotatable bonds is 1. The molecule has 0 aliphatic heterocycles. The highest BCUT2D eigenvalue weighted by atomic mass is 16.5. The predicted octanol–water partition coefficient (Wildman–Crippen LogP) is 2.50. The SMILES string of the molecule is Oc1ccccc1O.[2H]C([2H])([2H])Oc1ccccc1O. The summed E-state index contributed by atoms with van der Waals surface area (Å²) in [4.78, 5) is 0. The average Bonchev–Trinajstić information content (AvgIpc) is 2.35. The van der Waals surface area contributed by atoms with Gasteiger partial charge in [0.05, 0.1) is 11.2 Å². The Morgan fingerprint density at radius 2 is 1.29 bits per heavy atom. The maximum Gasteiger partial charge on any atom is 0.160 e. The second kappa shape index (κ2) is 6.27. The minimum atomic E-state index is -2.52. The van der Waals surface area contributed by atoms with Gasteiger partial charge in [0.25, 0.3) is 0 Å². The molecular weight excluding hydrogens is 220 g/mol. The molecule has 0 saturated heterocycles. The van der Waals surface area contributed by atoms with E-state index in [0.29, 0.717) is 0 Å². The fraction of sp³-hybridized carbons (Fsp3) is 0.0769. The third kappa shape index (κ3) is 3.95. The molecule has 3 N–H and O–H groups in total. The van der Waals surface area contributed by atoms with E-state index >= 15 is 0 Å². The molecule has 0 aliphatic carbocycles. The smallest absolute Gasteiger partial charge is 0.160 e. The minimum Gasteiger partial charge on any atom is -0.504 e. The molecule has 0 bridgehead atoms. The van der Waals surface area contributed by atoms with Gasteiger partial charge < -0.3 is 20.1 Å². The van der Waals surface area contributed by atoms with Gasteiger partial charge >= 0.3 is 0 Å². The lowest BCUT2D eigenvalue weighted by Crippen LogP contribution is -1.80. The van der Waals surface area contributed by atoms with Gasteiger partial charge in [-0.15, -0.1) is 0 Å². The van der Waals surface area contributed by atoms with Crippen molar-refractivity contribution in [3.63, 3.8) is 0 Å². The predicted molar refractivity (Wildman–Crippen MR) is 64.4 cm³/mol. The number of phenolic OH excluding ortho intramolecular Hbond substituents is 3. The first-order valence-electron chi connectivity index (χ1n) is 6.23. The van der Waals surface area contributed by atoms with Gasteiger partial charge in [-0.3, -0.25) is 0 Å². The average molecular weight is 237 g/mol. The van der Waals surface area contributed by atoms with E-state index in [9.17, 15) is 0 Å². The Hall–Kier alpha value is -2.36. The lowest BCUT2D eigenvalue weighted by molar-refractivity contribution is 0.373. The summed E-state index contributed by atoms with van der Waals surface area (Å²) in [6, 6.07) is 12.1. The van der Waals surface area contributed by atoms with Gasteiger partial charge in [-0.1, -0.05) is 24.3 Å². The van der Waals surface area contributed by atoms with E-state index in [0.717, 1.165) is 0 Å². The first-order valence-corrected chi connectivity index (χ1v) is 4.73. The van der Waals surface area contributed by atoms with Gasteiger partial charge in [-0.25, -0.2) is 0 Å². The van der Waals surface area contributed by atoms with Gasteiger partial charge in [0.1, 0.15) is 0 Å². The number of hydrogen-bond donors (Lipinski definition) is 3. The molecule has 2 rings (SSSR count). The van der Waals surface area contributed by atoms with E-state index in [-0.39, 0.29) is 23.0 Å². The molecule has 2 aromatic rings. The number of phenols is 3. The summed E-state index contributed by atoms with van der Waals surface area (Å²) in [5.41, 5.74) is 0. The number of hydrogen-bond acceptors (Lipinski definition) is 4. The summed E-state index contributed by atoms with van der Waals surface area (Å²) >= 11 is 0. The van der Waals surface area contributed by atoms with Crippen LogP contribution in [0.15, 0.2) is 48.5 Å². The molecule has 0 aliphatic rings. The van der Waals surface area contributed by atoms with Crippen molar-refractivity contribution >= 4 is 0 Å². The van der Waals surface area contributed by atoms with Crippen LogP contribution in [0.5, 0.6) is 23.0 Å². The molecule has 0 saturated carbocycles. The van der Waals surface area contributed by atoms with Crippen LogP contribution >= 0.6 is 0 Å². The first-order chi connectivity index (χ1) is 9.29. The molecule has 4 nitrogen and oxygen atoms in total. The molecule has 0 heterocycles. The van der Waals surface area contributed by atoms with Crippen molar-refractivity contribution < 1.29 is 24.2 Å². The van der Waals surface area contributed by atoms with Crippen LogP contribution in [0.2, 0.25) is 0 Å². The van der Waals surface area contributed by atoms with Crippen LogP contribution in [0.25, 0.3) is 0 Å². The van der Waals surface area contributed by atoms with E-state index < -0.39 is 7.04 Å². The fourth-order valence-electron chi connectivity index (χ4n) is 1.01. The van der Waals surface area contributed by atoms with Crippen LogP contribution in [0.4, 0.5) is 0 Å². The molecular formula is C13H14O4. The number of methoxy groups -OCH3 is 1. The van der Waals surface area contributed by atoms with Crippen LogP contribution in [-0.4, -0.2) is 22.4 Å². The molecule has 0 aromatic heterocycles. The maximum atomic E-state index is 9.10. The summed E-state index contributed by atoms with van der Waals surface area (Å²) in [6.07, 6.45) is 0. The quantitative estimate of drug-likeness (QED) is 0.666. The van der Waals surface area contributed by atoms with Gasteiger partial charge in [0.15, 0.2) is 23.0 Å². The van der Waals surface area contributed by atoms with Gasteiger partial charge in [-0.05, 0) is 24.3 Å². The minimum absolute atomic E-state index is 0.0301. The number of benzene rings is 2. The molecule has 2 aromatic carbocycles. The Labute approximate surface area is 104 Å². The van der Waals surface area contributed by atoms with Crippen LogP contribution in [0.1, 0.15) is 4.11 Å². The lowest BCUT2D eigenvalue weighted by atomic mass is 10.3. The van der Waals surface area contributed by atoms with E-state index in [2.05, 4.69) is 4.74 Å². The van der Waals surface area contributed by atoms with Crippen molar-refractivity contribution in [1.29, 1.82) is 0 Å². The molecule has 0 spiro atoms. The standard InChI is InChI=1S/C7H8O2.C6H6O2/c1-9-7-5-3-2-4-6(7)8;7-5-3-1-2-4-6(5)8/h2-5,8H,1H3;1-4,7-8H/i1D3;. The van der Waals surface area contributed by atoms with Crippen molar-refractivity contribution in [2.24, 2.45) is 0 Å². The van der Waals surface area contributed by atoms with Gasteiger partial charge in [0, 0.05) is 0 Å². The first kappa shape index (κ1) is 8.75. The number of para-hydroxylation sites is 4. The van der Waals surface area contributed by atoms with E-state index in [1.165, 1.54) is 24.3 Å². The Morgan fingerprint density at radius 3 is 1.71 bits per heavy atom. The molecule has 4 heteroatoms. The van der Waals surface area contributed by atoms with Crippen LogP contribution in [0.3, 0.4) is 0 Å². The molecule has 0 radical (unpaired) electrons. The van der Waals surface area contributed by atoms with Gasteiger partial charge in [-0.2, -0.15) is 0 Å². The molecule has 0 atom stereocenters. The van der Waals surface area contributed by atoms with E-state index in [1.807, 2.05) is 0 Å². The third-order valence-corrected chi connectivity index (χ3v) is 1.86.